The van der Waals surface area contributed by atoms with Crippen LogP contribution < -0.4 is 5.73 Å². The van der Waals surface area contributed by atoms with Crippen molar-refractivity contribution in [2.24, 2.45) is 0 Å². The molecule has 2 heterocycles. The van der Waals surface area contributed by atoms with Crippen LogP contribution >= 0.6 is 0 Å². The van der Waals surface area contributed by atoms with Gasteiger partial charge >= 0.3 is 6.18 Å². The third kappa shape index (κ3) is 2.65. The first kappa shape index (κ1) is 15.4. The number of nitrogens with two attached hydrogens (primary N) is 1. The van der Waals surface area contributed by atoms with Crippen LogP contribution in [0.5, 0.6) is 0 Å². The molecule has 4 rings (SSSR count). The molecule has 2 aromatic carbocycles. The quantitative estimate of drug-likeness (QED) is 0.603. The highest BCUT2D eigenvalue weighted by Gasteiger charge is 2.37. The molecule has 0 saturated carbocycles. The van der Waals surface area contributed by atoms with Gasteiger partial charge in [0.2, 0.25) is 5.82 Å². The first-order chi connectivity index (χ1) is 11.9. The topological polar surface area (TPSA) is 69.6 Å². The van der Waals surface area contributed by atoms with E-state index < -0.39 is 12.0 Å². The van der Waals surface area contributed by atoms with E-state index >= 15 is 0 Å². The zero-order valence-corrected chi connectivity index (χ0v) is 12.8. The maximum atomic E-state index is 13.4. The zero-order chi connectivity index (χ0) is 17.6. The van der Waals surface area contributed by atoms with Crippen molar-refractivity contribution in [1.82, 2.24) is 19.5 Å². The van der Waals surface area contributed by atoms with Crippen molar-refractivity contribution in [2.45, 2.75) is 12.7 Å². The molecule has 126 valence electrons. The lowest BCUT2D eigenvalue weighted by atomic mass is 10.2. The monoisotopic (exact) mass is 343 g/mol. The summed E-state index contributed by atoms with van der Waals surface area (Å²) in [4.78, 5) is 12.2. The van der Waals surface area contributed by atoms with Crippen LogP contribution in [-0.2, 0) is 12.7 Å². The number of halogens is 3. The second-order valence-electron chi connectivity index (χ2n) is 5.55. The summed E-state index contributed by atoms with van der Waals surface area (Å²) in [7, 11) is 0. The molecule has 0 aliphatic carbocycles. The minimum absolute atomic E-state index is 0.176. The van der Waals surface area contributed by atoms with E-state index in [4.69, 9.17) is 5.73 Å². The predicted molar refractivity (Wildman–Crippen MR) is 87.8 cm³/mol. The normalized spacial score (nSPS) is 12.1. The number of rotatable bonds is 2. The number of nitrogen functional groups attached to an aromatic ring is 1. The van der Waals surface area contributed by atoms with Crippen LogP contribution in [0.4, 0.5) is 19.0 Å². The smallest absolute Gasteiger partial charge is 0.383 e. The highest BCUT2D eigenvalue weighted by Crippen LogP contribution is 2.32. The fourth-order valence-corrected chi connectivity index (χ4v) is 2.82. The van der Waals surface area contributed by atoms with E-state index in [1.807, 2.05) is 0 Å². The molecule has 0 amide bonds. The van der Waals surface area contributed by atoms with Gasteiger partial charge in [-0.3, -0.25) is 0 Å². The number of alkyl halides is 3. The number of fused-ring (bicyclic) bond motifs is 2. The highest BCUT2D eigenvalue weighted by molar-refractivity contribution is 5.87. The maximum Gasteiger partial charge on any atom is 0.449 e. The lowest BCUT2D eigenvalue weighted by molar-refractivity contribution is -0.146. The number of nitrogens with zero attached hydrogens (tertiary/aromatic N) is 4. The van der Waals surface area contributed by atoms with E-state index in [-0.39, 0.29) is 23.7 Å². The number of benzene rings is 2. The standard InChI is InChI=1S/C17H12F3N5/c18-17(19,20)16-23-12-7-3-4-8-13(12)25(16)9-14-22-11-6-2-1-5-10(11)15(21)24-14/h1-8H,9H2,(H2,21,22,24). The molecule has 0 saturated heterocycles. The molecule has 0 atom stereocenters. The van der Waals surface area contributed by atoms with Gasteiger partial charge in [-0.1, -0.05) is 24.3 Å². The van der Waals surface area contributed by atoms with Crippen LogP contribution in [-0.4, -0.2) is 19.5 Å². The summed E-state index contributed by atoms with van der Waals surface area (Å²) in [5.41, 5.74) is 7.14. The molecular formula is C17H12F3N5. The lowest BCUT2D eigenvalue weighted by Crippen LogP contribution is -2.17. The largest absolute Gasteiger partial charge is 0.449 e. The van der Waals surface area contributed by atoms with Gasteiger partial charge in [-0.15, -0.1) is 0 Å². The van der Waals surface area contributed by atoms with Gasteiger partial charge in [-0.05, 0) is 24.3 Å². The molecule has 2 N–H and O–H groups in total. The van der Waals surface area contributed by atoms with Crippen LogP contribution in [0.15, 0.2) is 48.5 Å². The molecule has 8 heteroatoms. The van der Waals surface area contributed by atoms with E-state index in [2.05, 4.69) is 15.0 Å². The summed E-state index contributed by atoms with van der Waals surface area (Å²) in [5.74, 6) is -0.549. The minimum Gasteiger partial charge on any atom is -0.383 e. The van der Waals surface area contributed by atoms with Crippen LogP contribution in [0.2, 0.25) is 0 Å². The first-order valence-corrected chi connectivity index (χ1v) is 7.47. The first-order valence-electron chi connectivity index (χ1n) is 7.47. The Balaban J connectivity index is 1.88. The van der Waals surface area contributed by atoms with Crippen molar-refractivity contribution in [3.63, 3.8) is 0 Å². The van der Waals surface area contributed by atoms with Crippen LogP contribution in [0.1, 0.15) is 11.6 Å². The van der Waals surface area contributed by atoms with Crippen molar-refractivity contribution < 1.29 is 13.2 Å². The number of para-hydroxylation sites is 3. The SMILES string of the molecule is Nc1nc(Cn2c(C(F)(F)F)nc3ccccc32)nc2ccccc12. The fourth-order valence-electron chi connectivity index (χ4n) is 2.82. The average molecular weight is 343 g/mol. The Morgan fingerprint density at radius 1 is 0.880 bits per heavy atom. The predicted octanol–water partition coefficient (Wildman–Crippen LogP) is 3.63. The summed E-state index contributed by atoms with van der Waals surface area (Å²) >= 11 is 0. The lowest BCUT2D eigenvalue weighted by Gasteiger charge is -2.11. The van der Waals surface area contributed by atoms with Crippen molar-refractivity contribution >= 4 is 27.8 Å². The second-order valence-corrected chi connectivity index (χ2v) is 5.55. The number of aromatic nitrogens is 4. The van der Waals surface area contributed by atoms with Crippen LogP contribution in [0, 0.1) is 0 Å². The van der Waals surface area contributed by atoms with Crippen molar-refractivity contribution in [3.8, 4) is 0 Å². The van der Waals surface area contributed by atoms with Crippen molar-refractivity contribution in [1.29, 1.82) is 0 Å². The Bertz CT molecular complexity index is 1080. The van der Waals surface area contributed by atoms with Crippen molar-refractivity contribution in [2.75, 3.05) is 5.73 Å². The van der Waals surface area contributed by atoms with Gasteiger partial charge in [0.15, 0.2) is 5.82 Å². The highest BCUT2D eigenvalue weighted by atomic mass is 19.4. The third-order valence-corrected chi connectivity index (χ3v) is 3.89. The molecule has 4 aromatic rings. The number of imidazole rings is 1. The van der Waals surface area contributed by atoms with Gasteiger partial charge in [0.25, 0.3) is 0 Å². The summed E-state index contributed by atoms with van der Waals surface area (Å²) in [6.45, 7) is -0.176. The second kappa shape index (κ2) is 5.44. The Kier molecular flexibility index (Phi) is 3.34. The molecule has 0 bridgehead atoms. The van der Waals surface area contributed by atoms with Crippen molar-refractivity contribution in [3.05, 3.63) is 60.2 Å². The van der Waals surface area contributed by atoms with E-state index in [1.54, 1.807) is 42.5 Å². The molecule has 0 aliphatic rings. The Labute approximate surface area is 139 Å². The van der Waals surface area contributed by atoms with Gasteiger partial charge in [0, 0.05) is 5.39 Å². The van der Waals surface area contributed by atoms with E-state index in [1.165, 1.54) is 6.07 Å². The number of anilines is 1. The van der Waals surface area contributed by atoms with E-state index in [0.717, 1.165) is 4.57 Å². The molecule has 5 nitrogen and oxygen atoms in total. The van der Waals surface area contributed by atoms with E-state index in [9.17, 15) is 13.2 Å². The van der Waals surface area contributed by atoms with Gasteiger partial charge in [-0.2, -0.15) is 13.2 Å². The molecule has 2 aromatic heterocycles. The fraction of sp³-hybridized carbons (Fsp3) is 0.118. The Morgan fingerprint density at radius 3 is 2.32 bits per heavy atom. The van der Waals surface area contributed by atoms with Gasteiger partial charge in [-0.25, -0.2) is 15.0 Å². The Morgan fingerprint density at radius 2 is 1.56 bits per heavy atom. The average Bonchev–Trinajstić information content (AvgIpc) is 2.94. The molecule has 25 heavy (non-hydrogen) atoms. The van der Waals surface area contributed by atoms with Gasteiger partial charge in [0.05, 0.1) is 23.1 Å². The molecule has 0 aliphatic heterocycles. The zero-order valence-electron chi connectivity index (χ0n) is 12.8. The molecule has 0 fully saturated rings. The van der Waals surface area contributed by atoms with E-state index in [0.29, 0.717) is 16.4 Å². The molecule has 0 spiro atoms. The minimum atomic E-state index is -4.58. The maximum absolute atomic E-state index is 13.4. The summed E-state index contributed by atoms with van der Waals surface area (Å²) in [6.07, 6.45) is -4.58. The molecule has 0 radical (unpaired) electrons. The molecular weight excluding hydrogens is 331 g/mol. The number of hydrogen-bond donors (Lipinski definition) is 1. The summed E-state index contributed by atoms with van der Waals surface area (Å²) in [5, 5.41) is 0.665. The third-order valence-electron chi connectivity index (χ3n) is 3.89. The van der Waals surface area contributed by atoms with Gasteiger partial charge in [0.1, 0.15) is 5.82 Å². The molecule has 0 unspecified atom stereocenters. The van der Waals surface area contributed by atoms with Crippen LogP contribution in [0.3, 0.4) is 0 Å². The van der Waals surface area contributed by atoms with Gasteiger partial charge < -0.3 is 10.3 Å². The Hall–Kier alpha value is -3.16. The summed E-state index contributed by atoms with van der Waals surface area (Å²) in [6, 6.07) is 13.5. The van der Waals surface area contributed by atoms with Crippen LogP contribution in [0.25, 0.3) is 21.9 Å². The summed E-state index contributed by atoms with van der Waals surface area (Å²) < 4.78 is 41.2. The number of hydrogen-bond acceptors (Lipinski definition) is 4.